The van der Waals surface area contributed by atoms with Crippen LogP contribution in [0.15, 0.2) is 0 Å². The third-order valence-corrected chi connectivity index (χ3v) is 2.82. The Bertz CT molecular complexity index is 306. The fourth-order valence-corrected chi connectivity index (χ4v) is 2.12. The Morgan fingerprint density at radius 1 is 0.737 bits per heavy atom. The second kappa shape index (κ2) is 9.33. The van der Waals surface area contributed by atoms with E-state index in [4.69, 9.17) is 18.9 Å². The summed E-state index contributed by atoms with van der Waals surface area (Å²) in [4.78, 5) is 0. The van der Waals surface area contributed by atoms with Gasteiger partial charge in [-0.3, -0.25) is 0 Å². The predicted molar refractivity (Wildman–Crippen MR) is 71.9 cm³/mol. The molecule has 0 spiro atoms. The first-order valence-corrected chi connectivity index (χ1v) is 7.30. The van der Waals surface area contributed by atoms with Crippen LogP contribution < -0.4 is 0 Å². The largest absolute Gasteiger partial charge is 0.347 e. The first kappa shape index (κ1) is 16.5. The molecule has 0 bridgehead atoms. The predicted octanol–water partition coefficient (Wildman–Crippen LogP) is 2.68. The lowest BCUT2D eigenvalue weighted by molar-refractivity contribution is -0.159. The van der Waals surface area contributed by atoms with Crippen LogP contribution in [0, 0.1) is 0 Å². The van der Waals surface area contributed by atoms with Gasteiger partial charge in [0, 0.05) is 26.4 Å². The minimum absolute atomic E-state index is 0.521. The van der Waals surface area contributed by atoms with Crippen LogP contribution >= 0.6 is 11.7 Å². The summed E-state index contributed by atoms with van der Waals surface area (Å²) in [5.74, 6) is 0. The van der Waals surface area contributed by atoms with Gasteiger partial charge in [-0.15, -0.1) is 0 Å². The van der Waals surface area contributed by atoms with Gasteiger partial charge in [-0.2, -0.15) is 8.75 Å². The van der Waals surface area contributed by atoms with Gasteiger partial charge in [0.05, 0.1) is 11.7 Å². The number of hydrogen-bond acceptors (Lipinski definition) is 7. The van der Waals surface area contributed by atoms with E-state index in [1.807, 2.05) is 27.7 Å². The van der Waals surface area contributed by atoms with Crippen LogP contribution in [-0.2, 0) is 18.9 Å². The molecular weight excluding hydrogens is 268 g/mol. The summed E-state index contributed by atoms with van der Waals surface area (Å²) in [6, 6.07) is 0. The second-order valence-electron chi connectivity index (χ2n) is 3.52. The van der Waals surface area contributed by atoms with Crippen molar-refractivity contribution < 1.29 is 18.9 Å². The van der Waals surface area contributed by atoms with E-state index in [2.05, 4.69) is 8.75 Å². The summed E-state index contributed by atoms with van der Waals surface area (Å²) < 4.78 is 30.7. The van der Waals surface area contributed by atoms with Crippen LogP contribution in [-0.4, -0.2) is 35.2 Å². The third kappa shape index (κ3) is 4.77. The van der Waals surface area contributed by atoms with Gasteiger partial charge in [-0.25, -0.2) is 0 Å². The van der Waals surface area contributed by atoms with Crippen molar-refractivity contribution in [1.29, 1.82) is 0 Å². The molecule has 0 N–H and O–H groups in total. The van der Waals surface area contributed by atoms with Crippen molar-refractivity contribution in [1.82, 2.24) is 8.75 Å². The van der Waals surface area contributed by atoms with Gasteiger partial charge in [0.2, 0.25) is 12.6 Å². The van der Waals surface area contributed by atoms with Gasteiger partial charge in [-0.05, 0) is 27.7 Å². The molecule has 0 fully saturated rings. The highest BCUT2D eigenvalue weighted by molar-refractivity contribution is 6.99. The Balaban J connectivity index is 2.91. The molecule has 110 valence electrons. The van der Waals surface area contributed by atoms with Crippen LogP contribution in [0.2, 0.25) is 0 Å². The Morgan fingerprint density at radius 2 is 1.05 bits per heavy atom. The zero-order chi connectivity index (χ0) is 14.1. The van der Waals surface area contributed by atoms with Crippen molar-refractivity contribution in [3.8, 4) is 0 Å². The van der Waals surface area contributed by atoms with E-state index in [9.17, 15) is 0 Å². The summed E-state index contributed by atoms with van der Waals surface area (Å²) in [6.45, 7) is 9.79. The van der Waals surface area contributed by atoms with Crippen LogP contribution in [0.5, 0.6) is 0 Å². The van der Waals surface area contributed by atoms with E-state index >= 15 is 0 Å². The Kier molecular flexibility index (Phi) is 8.08. The molecule has 7 heteroatoms. The average Bonchev–Trinajstić information content (AvgIpc) is 2.87. The molecule has 0 aliphatic carbocycles. The molecule has 0 amide bonds. The molecule has 0 atom stereocenters. The summed E-state index contributed by atoms with van der Waals surface area (Å²) in [6.07, 6.45) is -1.04. The summed E-state index contributed by atoms with van der Waals surface area (Å²) in [5, 5.41) is 0. The highest BCUT2D eigenvalue weighted by atomic mass is 32.1. The molecule has 0 saturated carbocycles. The van der Waals surface area contributed by atoms with Crippen molar-refractivity contribution in [2.45, 2.75) is 40.3 Å². The SMILES string of the molecule is CCOC(OCC)c1nsnc1C(OCC)OCC. The topological polar surface area (TPSA) is 62.7 Å². The molecule has 1 aromatic rings. The van der Waals surface area contributed by atoms with E-state index in [1.165, 1.54) is 0 Å². The molecular formula is C12H22N2O4S. The smallest absolute Gasteiger partial charge is 0.204 e. The first-order valence-electron chi connectivity index (χ1n) is 6.57. The molecule has 6 nitrogen and oxygen atoms in total. The number of hydrogen-bond donors (Lipinski definition) is 0. The molecule has 0 aliphatic rings. The Morgan fingerprint density at radius 3 is 1.32 bits per heavy atom. The molecule has 0 unspecified atom stereocenters. The standard InChI is InChI=1S/C12H22N2O4S/c1-5-15-11(16-6-2)9-10(14-19-13-9)12(17-7-3)18-8-4/h11-12H,5-8H2,1-4H3. The van der Waals surface area contributed by atoms with Crippen molar-refractivity contribution >= 4 is 11.7 Å². The van der Waals surface area contributed by atoms with Gasteiger partial charge in [0.25, 0.3) is 0 Å². The van der Waals surface area contributed by atoms with Gasteiger partial charge in [-0.1, -0.05) is 0 Å². The van der Waals surface area contributed by atoms with E-state index in [1.54, 1.807) is 0 Å². The van der Waals surface area contributed by atoms with E-state index in [-0.39, 0.29) is 0 Å². The molecule has 0 aromatic carbocycles. The molecule has 0 saturated heterocycles. The lowest BCUT2D eigenvalue weighted by Crippen LogP contribution is -2.16. The van der Waals surface area contributed by atoms with Crippen LogP contribution in [0.1, 0.15) is 51.7 Å². The molecule has 0 aliphatic heterocycles. The first-order chi connectivity index (χ1) is 9.28. The zero-order valence-corrected chi connectivity index (χ0v) is 12.7. The maximum absolute atomic E-state index is 5.54. The zero-order valence-electron chi connectivity index (χ0n) is 11.9. The monoisotopic (exact) mass is 290 g/mol. The normalized spacial score (nSPS) is 11.7. The van der Waals surface area contributed by atoms with Crippen LogP contribution in [0.3, 0.4) is 0 Å². The fourth-order valence-electron chi connectivity index (χ4n) is 1.55. The van der Waals surface area contributed by atoms with Crippen LogP contribution in [0.4, 0.5) is 0 Å². The molecule has 1 heterocycles. The molecule has 1 rings (SSSR count). The number of rotatable bonds is 10. The quantitative estimate of drug-likeness (QED) is 0.617. The number of nitrogens with zero attached hydrogens (tertiary/aromatic N) is 2. The van der Waals surface area contributed by atoms with E-state index in [0.717, 1.165) is 11.7 Å². The van der Waals surface area contributed by atoms with Gasteiger partial charge in [0.1, 0.15) is 11.4 Å². The average molecular weight is 290 g/mol. The second-order valence-corrected chi connectivity index (χ2v) is 4.05. The maximum atomic E-state index is 5.54. The minimum Gasteiger partial charge on any atom is -0.347 e. The maximum Gasteiger partial charge on any atom is 0.204 e. The summed E-state index contributed by atoms with van der Waals surface area (Å²) in [5.41, 5.74) is 1.28. The van der Waals surface area contributed by atoms with E-state index < -0.39 is 12.6 Å². The number of aromatic nitrogens is 2. The van der Waals surface area contributed by atoms with Gasteiger partial charge in [0.15, 0.2) is 0 Å². The molecule has 19 heavy (non-hydrogen) atoms. The summed E-state index contributed by atoms with van der Waals surface area (Å²) >= 11 is 1.11. The molecule has 1 aromatic heterocycles. The van der Waals surface area contributed by atoms with Crippen molar-refractivity contribution in [3.63, 3.8) is 0 Å². The summed E-state index contributed by atoms with van der Waals surface area (Å²) in [7, 11) is 0. The van der Waals surface area contributed by atoms with Crippen molar-refractivity contribution in [2.24, 2.45) is 0 Å². The highest BCUT2D eigenvalue weighted by Gasteiger charge is 2.27. The Labute approximate surface area is 118 Å². The number of ether oxygens (including phenoxy) is 4. The van der Waals surface area contributed by atoms with Gasteiger partial charge < -0.3 is 18.9 Å². The van der Waals surface area contributed by atoms with Crippen LogP contribution in [0.25, 0.3) is 0 Å². The van der Waals surface area contributed by atoms with Gasteiger partial charge >= 0.3 is 0 Å². The van der Waals surface area contributed by atoms with E-state index in [0.29, 0.717) is 37.8 Å². The highest BCUT2D eigenvalue weighted by Crippen LogP contribution is 2.28. The third-order valence-electron chi connectivity index (χ3n) is 2.26. The Hall–Kier alpha value is -0.600. The van der Waals surface area contributed by atoms with Crippen molar-refractivity contribution in [3.05, 3.63) is 11.4 Å². The fraction of sp³-hybridized carbons (Fsp3) is 0.833. The van der Waals surface area contributed by atoms with Crippen molar-refractivity contribution in [2.75, 3.05) is 26.4 Å². The minimum atomic E-state index is -0.521. The lowest BCUT2D eigenvalue weighted by Gasteiger charge is -2.19. The molecule has 0 radical (unpaired) electrons. The lowest BCUT2D eigenvalue weighted by atomic mass is 10.3.